The molecule has 9 heteroatoms. The first kappa shape index (κ1) is 18.1. The number of rotatable bonds is 4. The normalized spacial score (nSPS) is 20.2. The molecule has 0 saturated heterocycles. The van der Waals surface area contributed by atoms with E-state index < -0.39 is 21.4 Å². The number of benzene rings is 1. The molecule has 3 aromatic rings. The van der Waals surface area contributed by atoms with Gasteiger partial charge in [0.25, 0.3) is 15.6 Å². The molecule has 0 spiro atoms. The van der Waals surface area contributed by atoms with Gasteiger partial charge in [-0.05, 0) is 60.9 Å². The molecule has 1 saturated carbocycles. The van der Waals surface area contributed by atoms with Crippen LogP contribution in [0, 0.1) is 5.82 Å². The minimum Gasteiger partial charge on any atom is -0.393 e. The summed E-state index contributed by atoms with van der Waals surface area (Å²) in [5, 5.41) is 10.3. The number of pyridine rings is 1. The van der Waals surface area contributed by atoms with Gasteiger partial charge in [-0.2, -0.15) is 0 Å². The van der Waals surface area contributed by atoms with Crippen LogP contribution in [0.5, 0.6) is 0 Å². The molecule has 1 aliphatic carbocycles. The number of halogens is 1. The number of hydrogen-bond acceptors (Lipinski definition) is 5. The molecular weight excluding hydrogens is 391 g/mol. The lowest BCUT2D eigenvalue weighted by Crippen LogP contribution is -2.13. The molecule has 2 atom stereocenters. The second kappa shape index (κ2) is 6.74. The highest BCUT2D eigenvalue weighted by Gasteiger charge is 2.27. The Morgan fingerprint density at radius 2 is 2.04 bits per heavy atom. The SMILES string of the molecule is O=c1[nH]ccc2cc(F)c(NS(=O)(=O)c3ccc([C@H]4CC[C@@H](O)C4)s3)cc12. The van der Waals surface area contributed by atoms with Gasteiger partial charge in [-0.15, -0.1) is 11.3 Å². The van der Waals surface area contributed by atoms with Crippen LogP contribution in [-0.2, 0) is 10.0 Å². The number of aromatic amines is 1. The Hall–Kier alpha value is -2.23. The zero-order valence-corrected chi connectivity index (χ0v) is 15.7. The largest absolute Gasteiger partial charge is 0.393 e. The summed E-state index contributed by atoms with van der Waals surface area (Å²) in [6.07, 6.45) is 3.20. The number of thiophene rings is 1. The molecule has 1 aliphatic rings. The van der Waals surface area contributed by atoms with Crippen molar-refractivity contribution in [1.82, 2.24) is 4.98 Å². The van der Waals surface area contributed by atoms with Crippen molar-refractivity contribution in [1.29, 1.82) is 0 Å². The van der Waals surface area contributed by atoms with Crippen LogP contribution in [-0.4, -0.2) is 24.6 Å². The molecule has 0 aliphatic heterocycles. The van der Waals surface area contributed by atoms with Gasteiger partial charge < -0.3 is 10.1 Å². The van der Waals surface area contributed by atoms with E-state index in [2.05, 4.69) is 9.71 Å². The number of anilines is 1. The minimum absolute atomic E-state index is 0.0698. The third-order valence-corrected chi connectivity index (χ3v) is 7.88. The zero-order valence-electron chi connectivity index (χ0n) is 14.1. The van der Waals surface area contributed by atoms with E-state index in [0.29, 0.717) is 18.2 Å². The topological polar surface area (TPSA) is 99.3 Å². The van der Waals surface area contributed by atoms with Gasteiger partial charge in [0.2, 0.25) is 0 Å². The summed E-state index contributed by atoms with van der Waals surface area (Å²) in [7, 11) is -3.99. The number of H-pyrrole nitrogens is 1. The van der Waals surface area contributed by atoms with Crippen LogP contribution in [0.25, 0.3) is 10.8 Å². The highest BCUT2D eigenvalue weighted by molar-refractivity contribution is 7.94. The van der Waals surface area contributed by atoms with Gasteiger partial charge in [-0.3, -0.25) is 9.52 Å². The lowest BCUT2D eigenvalue weighted by atomic mass is 10.1. The summed E-state index contributed by atoms with van der Waals surface area (Å²) in [5.41, 5.74) is -0.698. The van der Waals surface area contributed by atoms with E-state index in [-0.39, 0.29) is 27.3 Å². The van der Waals surface area contributed by atoms with Crippen molar-refractivity contribution in [3.63, 3.8) is 0 Å². The fourth-order valence-corrected chi connectivity index (χ4v) is 5.93. The van der Waals surface area contributed by atoms with E-state index in [1.54, 1.807) is 12.1 Å². The zero-order chi connectivity index (χ0) is 19.2. The van der Waals surface area contributed by atoms with E-state index >= 15 is 0 Å². The number of hydrogen-bond donors (Lipinski definition) is 3. The molecular formula is C18H17FN2O4S2. The highest BCUT2D eigenvalue weighted by Crippen LogP contribution is 2.39. The van der Waals surface area contributed by atoms with Gasteiger partial charge in [-0.1, -0.05) is 0 Å². The molecule has 1 fully saturated rings. The van der Waals surface area contributed by atoms with Crippen molar-refractivity contribution < 1.29 is 17.9 Å². The van der Waals surface area contributed by atoms with Crippen molar-refractivity contribution in [3.05, 3.63) is 57.6 Å². The molecule has 3 N–H and O–H groups in total. The molecule has 6 nitrogen and oxygen atoms in total. The molecule has 4 rings (SSSR count). The monoisotopic (exact) mass is 408 g/mol. The lowest BCUT2D eigenvalue weighted by molar-refractivity contribution is 0.181. The van der Waals surface area contributed by atoms with E-state index in [9.17, 15) is 22.7 Å². The van der Waals surface area contributed by atoms with Gasteiger partial charge in [0.05, 0.1) is 11.8 Å². The fourth-order valence-electron chi connectivity index (χ4n) is 3.40. The van der Waals surface area contributed by atoms with E-state index in [4.69, 9.17) is 0 Å². The Balaban J connectivity index is 1.65. The second-order valence-corrected chi connectivity index (χ2v) is 9.68. The summed E-state index contributed by atoms with van der Waals surface area (Å²) in [6, 6.07) is 7.09. The van der Waals surface area contributed by atoms with Gasteiger partial charge in [0, 0.05) is 16.5 Å². The Morgan fingerprint density at radius 1 is 1.22 bits per heavy atom. The van der Waals surface area contributed by atoms with E-state index in [0.717, 1.165) is 28.7 Å². The van der Waals surface area contributed by atoms with Crippen LogP contribution in [0.1, 0.15) is 30.1 Å². The van der Waals surface area contributed by atoms with Crippen LogP contribution < -0.4 is 10.3 Å². The molecule has 0 unspecified atom stereocenters. The summed E-state index contributed by atoms with van der Waals surface area (Å²) in [5.74, 6) is -0.614. The molecule has 1 aromatic carbocycles. The van der Waals surface area contributed by atoms with Crippen molar-refractivity contribution in [2.45, 2.75) is 35.5 Å². The van der Waals surface area contributed by atoms with Gasteiger partial charge in [0.1, 0.15) is 10.0 Å². The Labute approximate surface area is 158 Å². The predicted molar refractivity (Wildman–Crippen MR) is 102 cm³/mol. The summed E-state index contributed by atoms with van der Waals surface area (Å²) < 4.78 is 42.0. The van der Waals surface area contributed by atoms with Gasteiger partial charge in [0.15, 0.2) is 0 Å². The summed E-state index contributed by atoms with van der Waals surface area (Å²) >= 11 is 1.12. The van der Waals surface area contributed by atoms with Crippen LogP contribution >= 0.6 is 11.3 Å². The van der Waals surface area contributed by atoms with Crippen LogP contribution in [0.4, 0.5) is 10.1 Å². The van der Waals surface area contributed by atoms with Gasteiger partial charge >= 0.3 is 0 Å². The first-order valence-corrected chi connectivity index (χ1v) is 10.7. The molecule has 0 bridgehead atoms. The van der Waals surface area contributed by atoms with Crippen LogP contribution in [0.2, 0.25) is 0 Å². The van der Waals surface area contributed by atoms with Crippen molar-refractivity contribution in [3.8, 4) is 0 Å². The Bertz CT molecular complexity index is 1170. The van der Waals surface area contributed by atoms with E-state index in [1.165, 1.54) is 18.3 Å². The second-order valence-electron chi connectivity index (χ2n) is 6.65. The molecule has 27 heavy (non-hydrogen) atoms. The fraction of sp³-hybridized carbons (Fsp3) is 0.278. The number of sulfonamides is 1. The first-order chi connectivity index (χ1) is 12.8. The first-order valence-electron chi connectivity index (χ1n) is 8.45. The van der Waals surface area contributed by atoms with Crippen molar-refractivity contribution in [2.24, 2.45) is 0 Å². The number of aromatic nitrogens is 1. The number of aliphatic hydroxyl groups excluding tert-OH is 1. The quantitative estimate of drug-likeness (QED) is 0.617. The third-order valence-electron chi connectivity index (χ3n) is 4.78. The maximum Gasteiger partial charge on any atom is 0.271 e. The maximum atomic E-state index is 14.3. The van der Waals surface area contributed by atoms with Crippen LogP contribution in [0.15, 0.2) is 45.5 Å². The summed E-state index contributed by atoms with van der Waals surface area (Å²) in [4.78, 5) is 15.3. The molecule has 0 radical (unpaired) electrons. The van der Waals surface area contributed by atoms with Crippen molar-refractivity contribution in [2.75, 3.05) is 4.72 Å². The predicted octanol–water partition coefficient (Wildman–Crippen LogP) is 3.16. The number of fused-ring (bicyclic) bond motifs is 1. The smallest absolute Gasteiger partial charge is 0.271 e. The van der Waals surface area contributed by atoms with Gasteiger partial charge in [-0.25, -0.2) is 12.8 Å². The molecule has 0 amide bonds. The van der Waals surface area contributed by atoms with Crippen LogP contribution in [0.3, 0.4) is 0 Å². The molecule has 2 heterocycles. The average molecular weight is 408 g/mol. The third kappa shape index (κ3) is 3.50. The minimum atomic E-state index is -3.99. The Morgan fingerprint density at radius 3 is 2.78 bits per heavy atom. The lowest BCUT2D eigenvalue weighted by Gasteiger charge is -2.09. The maximum absolute atomic E-state index is 14.3. The highest BCUT2D eigenvalue weighted by atomic mass is 32.2. The number of aliphatic hydroxyl groups is 1. The molecule has 2 aromatic heterocycles. The van der Waals surface area contributed by atoms with E-state index in [1.807, 2.05) is 0 Å². The standard InChI is InChI=1S/C18H17FN2O4S2/c19-14-8-10-5-6-20-18(23)13(10)9-15(14)21-27(24,25)17-4-3-16(26-17)11-1-2-12(22)7-11/h3-6,8-9,11-12,21-22H,1-2,7H2,(H,20,23)/t11-,12+/m0/s1. The average Bonchev–Trinajstić information content (AvgIpc) is 3.25. The summed E-state index contributed by atoms with van der Waals surface area (Å²) in [6.45, 7) is 0. The number of nitrogens with one attached hydrogen (secondary N) is 2. The van der Waals surface area contributed by atoms with Crippen molar-refractivity contribution >= 4 is 37.8 Å². The molecule has 142 valence electrons. The Kier molecular flexibility index (Phi) is 4.53.